The molecule has 5 heteroatoms. The van der Waals surface area contributed by atoms with Crippen molar-refractivity contribution in [1.82, 2.24) is 14.6 Å². The number of nitrogens with two attached hydrogens (primary N) is 1. The molecule has 0 aliphatic rings. The summed E-state index contributed by atoms with van der Waals surface area (Å²) < 4.78 is 1.90. The minimum Gasteiger partial charge on any atom is -0.508 e. The van der Waals surface area contributed by atoms with Crippen LogP contribution < -0.4 is 5.73 Å². The number of aromatic nitrogens is 3. The molecule has 2 heterocycles. The topological polar surface area (TPSA) is 76.4 Å². The van der Waals surface area contributed by atoms with E-state index < -0.39 is 0 Å². The highest BCUT2D eigenvalue weighted by atomic mass is 16.3. The highest BCUT2D eigenvalue weighted by Gasteiger charge is 2.09. The molecule has 0 unspecified atom stereocenters. The summed E-state index contributed by atoms with van der Waals surface area (Å²) in [5, 5.41) is 17.6. The van der Waals surface area contributed by atoms with E-state index in [1.807, 2.05) is 22.7 Å². The second-order valence-corrected chi connectivity index (χ2v) is 4.00. The van der Waals surface area contributed by atoms with Gasteiger partial charge in [0.25, 0.3) is 0 Å². The van der Waals surface area contributed by atoms with E-state index in [0.717, 1.165) is 22.6 Å². The number of rotatable bonds is 2. The van der Waals surface area contributed by atoms with Crippen LogP contribution in [-0.4, -0.2) is 19.7 Å². The first-order valence-corrected chi connectivity index (χ1v) is 5.61. The molecule has 0 fully saturated rings. The third-order valence-electron chi connectivity index (χ3n) is 2.86. The molecule has 0 atom stereocenters. The molecule has 3 N–H and O–H groups in total. The largest absolute Gasteiger partial charge is 0.508 e. The molecule has 5 nitrogen and oxygen atoms in total. The molecule has 0 spiro atoms. The Kier molecular flexibility index (Phi) is 2.46. The van der Waals surface area contributed by atoms with Gasteiger partial charge in [-0.3, -0.25) is 4.40 Å². The summed E-state index contributed by atoms with van der Waals surface area (Å²) in [4.78, 5) is 0. The molecule has 18 heavy (non-hydrogen) atoms. The van der Waals surface area contributed by atoms with Crippen LogP contribution in [-0.2, 0) is 6.54 Å². The average molecular weight is 240 g/mol. The second kappa shape index (κ2) is 4.12. The van der Waals surface area contributed by atoms with Crippen molar-refractivity contribution in [1.29, 1.82) is 0 Å². The summed E-state index contributed by atoms with van der Waals surface area (Å²) in [5.41, 5.74) is 8.29. The van der Waals surface area contributed by atoms with Crippen LogP contribution in [0.3, 0.4) is 0 Å². The predicted molar refractivity (Wildman–Crippen MR) is 68.0 cm³/mol. The molecular formula is C13H12N4O. The smallest absolute Gasteiger partial charge is 0.168 e. The lowest BCUT2D eigenvalue weighted by Crippen LogP contribution is -2.00. The Bertz CT molecular complexity index is 688. The van der Waals surface area contributed by atoms with E-state index in [4.69, 9.17) is 5.73 Å². The Balaban J connectivity index is 2.21. The highest BCUT2D eigenvalue weighted by Crippen LogP contribution is 2.21. The zero-order chi connectivity index (χ0) is 12.5. The van der Waals surface area contributed by atoms with Crippen LogP contribution in [0.4, 0.5) is 0 Å². The van der Waals surface area contributed by atoms with Gasteiger partial charge in [0.15, 0.2) is 11.5 Å². The van der Waals surface area contributed by atoms with Crippen molar-refractivity contribution in [2.75, 3.05) is 0 Å². The molecule has 0 aliphatic heterocycles. The van der Waals surface area contributed by atoms with Gasteiger partial charge in [0.2, 0.25) is 0 Å². The summed E-state index contributed by atoms with van der Waals surface area (Å²) >= 11 is 0. The summed E-state index contributed by atoms with van der Waals surface area (Å²) in [6.07, 6.45) is 1.90. The van der Waals surface area contributed by atoms with E-state index in [2.05, 4.69) is 10.2 Å². The SMILES string of the molecule is NCc1cccn2c(-c3ccc(O)cc3)nnc12. The lowest BCUT2D eigenvalue weighted by atomic mass is 10.2. The van der Waals surface area contributed by atoms with E-state index in [1.54, 1.807) is 24.3 Å². The normalized spacial score (nSPS) is 10.9. The Hall–Kier alpha value is -2.40. The third-order valence-corrected chi connectivity index (χ3v) is 2.86. The molecule has 3 rings (SSSR count). The Morgan fingerprint density at radius 3 is 2.61 bits per heavy atom. The molecule has 0 saturated heterocycles. The minimum absolute atomic E-state index is 0.232. The number of hydrogen-bond donors (Lipinski definition) is 2. The van der Waals surface area contributed by atoms with E-state index >= 15 is 0 Å². The minimum atomic E-state index is 0.232. The first-order chi connectivity index (χ1) is 8.79. The van der Waals surface area contributed by atoms with Crippen LogP contribution in [0.2, 0.25) is 0 Å². The zero-order valence-electron chi connectivity index (χ0n) is 9.61. The first kappa shape index (κ1) is 10.7. The maximum atomic E-state index is 9.29. The summed E-state index contributed by atoms with van der Waals surface area (Å²) in [6.45, 7) is 0.429. The van der Waals surface area contributed by atoms with Gasteiger partial charge in [0.1, 0.15) is 5.75 Å². The number of hydrogen-bond acceptors (Lipinski definition) is 4. The Morgan fingerprint density at radius 1 is 1.11 bits per heavy atom. The maximum absolute atomic E-state index is 9.29. The number of benzene rings is 1. The van der Waals surface area contributed by atoms with Crippen molar-refractivity contribution in [2.24, 2.45) is 5.73 Å². The second-order valence-electron chi connectivity index (χ2n) is 4.00. The van der Waals surface area contributed by atoms with Gasteiger partial charge in [-0.25, -0.2) is 0 Å². The number of phenolic OH excluding ortho intramolecular Hbond substituents is 1. The van der Waals surface area contributed by atoms with Crippen LogP contribution in [0.25, 0.3) is 17.0 Å². The Morgan fingerprint density at radius 2 is 1.89 bits per heavy atom. The van der Waals surface area contributed by atoms with Gasteiger partial charge >= 0.3 is 0 Å². The van der Waals surface area contributed by atoms with Gasteiger partial charge in [-0.15, -0.1) is 10.2 Å². The van der Waals surface area contributed by atoms with Gasteiger partial charge in [-0.05, 0) is 30.3 Å². The van der Waals surface area contributed by atoms with Crippen molar-refractivity contribution in [3.63, 3.8) is 0 Å². The molecule has 3 aromatic rings. The van der Waals surface area contributed by atoms with E-state index in [1.165, 1.54) is 0 Å². The van der Waals surface area contributed by atoms with Gasteiger partial charge < -0.3 is 10.8 Å². The molecule has 2 aromatic heterocycles. The molecule has 0 amide bonds. The molecule has 0 radical (unpaired) electrons. The number of pyridine rings is 1. The molecule has 0 bridgehead atoms. The fraction of sp³-hybridized carbons (Fsp3) is 0.0769. The van der Waals surface area contributed by atoms with Crippen LogP contribution in [0.5, 0.6) is 5.75 Å². The fourth-order valence-electron chi connectivity index (χ4n) is 1.94. The molecule has 90 valence electrons. The van der Waals surface area contributed by atoms with Gasteiger partial charge in [-0.2, -0.15) is 0 Å². The van der Waals surface area contributed by atoms with E-state index in [9.17, 15) is 5.11 Å². The van der Waals surface area contributed by atoms with Gasteiger partial charge in [0, 0.05) is 23.9 Å². The van der Waals surface area contributed by atoms with Crippen LogP contribution >= 0.6 is 0 Å². The Labute approximate surface area is 104 Å². The highest BCUT2D eigenvalue weighted by molar-refractivity contribution is 5.61. The number of fused-ring (bicyclic) bond motifs is 1. The van der Waals surface area contributed by atoms with Gasteiger partial charge in [-0.1, -0.05) is 6.07 Å². The fourth-order valence-corrected chi connectivity index (χ4v) is 1.94. The van der Waals surface area contributed by atoms with Crippen LogP contribution in [0.15, 0.2) is 42.6 Å². The standard InChI is InChI=1S/C13H12N4O/c14-8-10-2-1-7-17-12(15-16-13(10)17)9-3-5-11(18)6-4-9/h1-7,18H,8,14H2. The third kappa shape index (κ3) is 1.61. The monoisotopic (exact) mass is 240 g/mol. The lowest BCUT2D eigenvalue weighted by molar-refractivity contribution is 0.475. The van der Waals surface area contributed by atoms with Crippen molar-refractivity contribution in [2.45, 2.75) is 6.54 Å². The van der Waals surface area contributed by atoms with Crippen molar-refractivity contribution in [3.8, 4) is 17.1 Å². The molecule has 0 aliphatic carbocycles. The van der Waals surface area contributed by atoms with Crippen molar-refractivity contribution < 1.29 is 5.11 Å². The molecule has 0 saturated carbocycles. The molecule has 1 aromatic carbocycles. The number of aromatic hydroxyl groups is 1. The summed E-state index contributed by atoms with van der Waals surface area (Å²) in [7, 11) is 0. The maximum Gasteiger partial charge on any atom is 0.168 e. The number of nitrogens with zero attached hydrogens (tertiary/aromatic N) is 3. The quantitative estimate of drug-likeness (QED) is 0.712. The van der Waals surface area contributed by atoms with Crippen LogP contribution in [0.1, 0.15) is 5.56 Å². The van der Waals surface area contributed by atoms with Gasteiger partial charge in [0.05, 0.1) is 0 Å². The summed E-state index contributed by atoms with van der Waals surface area (Å²) in [5.74, 6) is 0.968. The zero-order valence-corrected chi connectivity index (χ0v) is 9.61. The van der Waals surface area contributed by atoms with Crippen molar-refractivity contribution in [3.05, 3.63) is 48.2 Å². The van der Waals surface area contributed by atoms with E-state index in [0.29, 0.717) is 6.54 Å². The van der Waals surface area contributed by atoms with Crippen LogP contribution in [0, 0.1) is 0 Å². The summed E-state index contributed by atoms with van der Waals surface area (Å²) in [6, 6.07) is 10.7. The molecular weight excluding hydrogens is 228 g/mol. The van der Waals surface area contributed by atoms with E-state index in [-0.39, 0.29) is 5.75 Å². The lowest BCUT2D eigenvalue weighted by Gasteiger charge is -2.02. The average Bonchev–Trinajstić information content (AvgIpc) is 2.83. The van der Waals surface area contributed by atoms with Crippen molar-refractivity contribution >= 4 is 5.65 Å². The number of phenols is 1. The predicted octanol–water partition coefficient (Wildman–Crippen LogP) is 1.56. The first-order valence-electron chi connectivity index (χ1n) is 5.61.